The topological polar surface area (TPSA) is 30.2 Å². The van der Waals surface area contributed by atoms with Crippen LogP contribution < -0.4 is 5.43 Å². The van der Waals surface area contributed by atoms with Crippen LogP contribution >= 0.6 is 12.6 Å². The molecule has 0 bridgehead atoms. The molecule has 3 rings (SSSR count). The molecule has 2 nitrogen and oxygen atoms in total. The smallest absolute Gasteiger partial charge is 0.416 e. The molecule has 0 saturated heterocycles. The molecule has 22 heavy (non-hydrogen) atoms. The lowest BCUT2D eigenvalue weighted by atomic mass is 10.1. The second kappa shape index (κ2) is 5.21. The van der Waals surface area contributed by atoms with E-state index in [-0.39, 0.29) is 21.6 Å². The van der Waals surface area contributed by atoms with Crippen LogP contribution in [-0.4, -0.2) is 0 Å². The van der Waals surface area contributed by atoms with Crippen LogP contribution in [0.3, 0.4) is 0 Å². The van der Waals surface area contributed by atoms with E-state index in [0.29, 0.717) is 5.56 Å². The summed E-state index contributed by atoms with van der Waals surface area (Å²) in [4.78, 5) is 12.3. The molecule has 1 heterocycles. The van der Waals surface area contributed by atoms with Gasteiger partial charge in [0.15, 0.2) is 5.76 Å². The second-order valence-electron chi connectivity index (χ2n) is 4.68. The number of thiol groups is 1. The van der Waals surface area contributed by atoms with E-state index < -0.39 is 17.2 Å². The normalized spacial score (nSPS) is 11.8. The van der Waals surface area contributed by atoms with E-state index in [2.05, 4.69) is 12.6 Å². The molecule has 0 N–H and O–H groups in total. The van der Waals surface area contributed by atoms with E-state index in [4.69, 9.17) is 4.42 Å². The minimum Gasteiger partial charge on any atom is -0.455 e. The fraction of sp³-hybridized carbons (Fsp3) is 0.0625. The maximum atomic E-state index is 12.7. The first-order valence-corrected chi connectivity index (χ1v) is 6.75. The summed E-state index contributed by atoms with van der Waals surface area (Å²) in [6.07, 6.45) is -4.52. The zero-order valence-corrected chi connectivity index (χ0v) is 11.9. The van der Waals surface area contributed by atoms with Crippen molar-refractivity contribution in [3.63, 3.8) is 0 Å². The zero-order valence-electron chi connectivity index (χ0n) is 11.0. The lowest BCUT2D eigenvalue weighted by Crippen LogP contribution is -2.09. The van der Waals surface area contributed by atoms with Crippen molar-refractivity contribution in [3.8, 4) is 11.3 Å². The summed E-state index contributed by atoms with van der Waals surface area (Å²) in [6, 6.07) is 11.6. The van der Waals surface area contributed by atoms with E-state index in [1.807, 2.05) is 0 Å². The molecule has 0 spiro atoms. The van der Waals surface area contributed by atoms with Gasteiger partial charge in [0.1, 0.15) is 5.58 Å². The third-order valence-corrected chi connectivity index (χ3v) is 3.64. The van der Waals surface area contributed by atoms with Gasteiger partial charge in [-0.15, -0.1) is 12.6 Å². The molecule has 0 aliphatic carbocycles. The van der Waals surface area contributed by atoms with Crippen molar-refractivity contribution in [1.29, 1.82) is 0 Å². The predicted molar refractivity (Wildman–Crippen MR) is 80.2 cm³/mol. The third-order valence-electron chi connectivity index (χ3n) is 3.23. The Balaban J connectivity index is 2.29. The van der Waals surface area contributed by atoms with Crippen molar-refractivity contribution in [2.45, 2.75) is 11.1 Å². The standard InChI is InChI=1S/C16H9F3O2S/c17-16(18,19)10-6-7-12-11(8-10)13(20)15(22)14(21-12)9-4-2-1-3-5-9/h1-8,22H. The predicted octanol–water partition coefficient (Wildman–Crippen LogP) is 4.77. The molecular weight excluding hydrogens is 313 g/mol. The highest BCUT2D eigenvalue weighted by Gasteiger charge is 2.31. The third kappa shape index (κ3) is 2.50. The fourth-order valence-electron chi connectivity index (χ4n) is 2.15. The molecule has 1 aromatic heterocycles. The van der Waals surface area contributed by atoms with E-state index >= 15 is 0 Å². The summed E-state index contributed by atoms with van der Waals surface area (Å²) in [5.74, 6) is 0.237. The van der Waals surface area contributed by atoms with E-state index in [9.17, 15) is 18.0 Å². The highest BCUT2D eigenvalue weighted by atomic mass is 32.1. The minimum absolute atomic E-state index is 0.0157. The van der Waals surface area contributed by atoms with Gasteiger partial charge in [-0.05, 0) is 18.2 Å². The van der Waals surface area contributed by atoms with Crippen LogP contribution in [0, 0.1) is 0 Å². The first-order chi connectivity index (χ1) is 10.4. The van der Waals surface area contributed by atoms with Gasteiger partial charge >= 0.3 is 6.18 Å². The SMILES string of the molecule is O=c1c(S)c(-c2ccccc2)oc2ccc(C(F)(F)F)cc12. The number of halogens is 3. The quantitative estimate of drug-likeness (QED) is 0.654. The van der Waals surface area contributed by atoms with Gasteiger partial charge in [-0.2, -0.15) is 13.2 Å². The van der Waals surface area contributed by atoms with Gasteiger partial charge in [0, 0.05) is 5.56 Å². The molecular formula is C16H9F3O2S. The largest absolute Gasteiger partial charge is 0.455 e. The summed E-state index contributed by atoms with van der Waals surface area (Å²) >= 11 is 4.12. The number of hydrogen-bond acceptors (Lipinski definition) is 3. The Morgan fingerprint density at radius 3 is 2.32 bits per heavy atom. The van der Waals surface area contributed by atoms with Gasteiger partial charge in [0.25, 0.3) is 0 Å². The molecule has 3 aromatic rings. The van der Waals surface area contributed by atoms with Crippen molar-refractivity contribution in [2.24, 2.45) is 0 Å². The molecule has 0 amide bonds. The van der Waals surface area contributed by atoms with Crippen LogP contribution in [0.15, 0.2) is 62.6 Å². The van der Waals surface area contributed by atoms with Crippen molar-refractivity contribution in [2.75, 3.05) is 0 Å². The van der Waals surface area contributed by atoms with E-state index in [0.717, 1.165) is 18.2 Å². The fourth-order valence-corrected chi connectivity index (χ4v) is 2.44. The average molecular weight is 322 g/mol. The van der Waals surface area contributed by atoms with Gasteiger partial charge in [-0.25, -0.2) is 0 Å². The Morgan fingerprint density at radius 1 is 1.00 bits per heavy atom. The Kier molecular flexibility index (Phi) is 3.48. The average Bonchev–Trinajstić information content (AvgIpc) is 2.50. The zero-order chi connectivity index (χ0) is 15.9. The lowest BCUT2D eigenvalue weighted by Gasteiger charge is -2.09. The summed E-state index contributed by atoms with van der Waals surface area (Å²) in [6.45, 7) is 0. The molecule has 0 aliphatic heterocycles. The first-order valence-electron chi connectivity index (χ1n) is 6.30. The lowest BCUT2D eigenvalue weighted by molar-refractivity contribution is -0.137. The highest BCUT2D eigenvalue weighted by Crippen LogP contribution is 2.33. The Morgan fingerprint density at radius 2 is 1.68 bits per heavy atom. The van der Waals surface area contributed by atoms with Crippen molar-refractivity contribution < 1.29 is 17.6 Å². The molecule has 0 fully saturated rings. The maximum Gasteiger partial charge on any atom is 0.416 e. The molecule has 2 aromatic carbocycles. The molecule has 0 saturated carbocycles. The molecule has 0 atom stereocenters. The molecule has 0 aliphatic rings. The number of benzene rings is 2. The summed E-state index contributed by atoms with van der Waals surface area (Å²) in [7, 11) is 0. The van der Waals surface area contributed by atoms with Crippen LogP contribution in [-0.2, 0) is 6.18 Å². The van der Waals surface area contributed by atoms with Crippen molar-refractivity contribution in [1.82, 2.24) is 0 Å². The van der Waals surface area contributed by atoms with Gasteiger partial charge in [-0.1, -0.05) is 30.3 Å². The Hall–Kier alpha value is -2.21. The van der Waals surface area contributed by atoms with Crippen LogP contribution in [0.5, 0.6) is 0 Å². The van der Waals surface area contributed by atoms with Crippen LogP contribution in [0.2, 0.25) is 0 Å². The van der Waals surface area contributed by atoms with E-state index in [1.54, 1.807) is 30.3 Å². The molecule has 0 radical (unpaired) electrons. The monoisotopic (exact) mass is 322 g/mol. The van der Waals surface area contributed by atoms with Crippen LogP contribution in [0.25, 0.3) is 22.3 Å². The highest BCUT2D eigenvalue weighted by molar-refractivity contribution is 7.80. The molecule has 112 valence electrons. The maximum absolute atomic E-state index is 12.7. The van der Waals surface area contributed by atoms with Crippen molar-refractivity contribution >= 4 is 23.6 Å². The Labute approximate surface area is 128 Å². The van der Waals surface area contributed by atoms with Crippen molar-refractivity contribution in [3.05, 3.63) is 64.3 Å². The summed E-state index contributed by atoms with van der Waals surface area (Å²) < 4.78 is 43.8. The molecule has 6 heteroatoms. The van der Waals surface area contributed by atoms with Gasteiger partial charge in [0.2, 0.25) is 5.43 Å². The molecule has 0 unspecified atom stereocenters. The number of rotatable bonds is 1. The number of fused-ring (bicyclic) bond motifs is 1. The van der Waals surface area contributed by atoms with Gasteiger partial charge in [0.05, 0.1) is 15.8 Å². The number of alkyl halides is 3. The van der Waals surface area contributed by atoms with Crippen LogP contribution in [0.1, 0.15) is 5.56 Å². The summed E-state index contributed by atoms with van der Waals surface area (Å²) in [5.41, 5.74) is -0.761. The Bertz CT molecular complexity index is 899. The second-order valence-corrected chi connectivity index (χ2v) is 5.13. The summed E-state index contributed by atoms with van der Waals surface area (Å²) in [5, 5.41) is -0.139. The number of hydrogen-bond donors (Lipinski definition) is 1. The minimum atomic E-state index is -4.52. The van der Waals surface area contributed by atoms with E-state index in [1.165, 1.54) is 0 Å². The van der Waals surface area contributed by atoms with Gasteiger partial charge < -0.3 is 4.42 Å². The first kappa shape index (κ1) is 14.7. The van der Waals surface area contributed by atoms with Crippen LogP contribution in [0.4, 0.5) is 13.2 Å². The van der Waals surface area contributed by atoms with Gasteiger partial charge in [-0.3, -0.25) is 4.79 Å².